The Morgan fingerprint density at radius 1 is 1.20 bits per heavy atom. The standard InChI is InChI=1S/C12H19FSSi/c1-15(2,3)9-8-14-10-11-6-4-5-7-12(11)13/h4-7H,8-10H2,1-3H3. The number of halogens is 1. The maximum Gasteiger partial charge on any atom is 0.127 e. The van der Waals surface area contributed by atoms with Crippen molar-refractivity contribution in [1.29, 1.82) is 0 Å². The second-order valence-corrected chi connectivity index (χ2v) is 11.7. The summed E-state index contributed by atoms with van der Waals surface area (Å²) in [5.74, 6) is 1.89. The van der Waals surface area contributed by atoms with Gasteiger partial charge in [0.05, 0.1) is 0 Å². The highest BCUT2D eigenvalue weighted by molar-refractivity contribution is 7.98. The van der Waals surface area contributed by atoms with Gasteiger partial charge in [-0.15, -0.1) is 0 Å². The summed E-state index contributed by atoms with van der Waals surface area (Å²) in [5.41, 5.74) is 0.832. The van der Waals surface area contributed by atoms with Crippen molar-refractivity contribution in [2.24, 2.45) is 0 Å². The van der Waals surface area contributed by atoms with E-state index in [4.69, 9.17) is 0 Å². The monoisotopic (exact) mass is 242 g/mol. The van der Waals surface area contributed by atoms with Gasteiger partial charge in [0.1, 0.15) is 5.82 Å². The number of thioether (sulfide) groups is 1. The molecule has 0 aliphatic heterocycles. The van der Waals surface area contributed by atoms with E-state index in [1.54, 1.807) is 6.07 Å². The maximum atomic E-state index is 13.2. The fourth-order valence-corrected chi connectivity index (χ4v) is 4.80. The third-order valence-electron chi connectivity index (χ3n) is 2.21. The van der Waals surface area contributed by atoms with Crippen molar-refractivity contribution < 1.29 is 4.39 Å². The molecule has 1 aromatic rings. The number of hydrogen-bond acceptors (Lipinski definition) is 1. The van der Waals surface area contributed by atoms with Gasteiger partial charge >= 0.3 is 0 Å². The summed E-state index contributed by atoms with van der Waals surface area (Å²) in [5, 5.41) is 0. The average Bonchev–Trinajstić information content (AvgIpc) is 2.13. The summed E-state index contributed by atoms with van der Waals surface area (Å²) in [6, 6.07) is 8.36. The highest BCUT2D eigenvalue weighted by Gasteiger charge is 2.12. The first-order valence-electron chi connectivity index (χ1n) is 5.30. The molecule has 0 heterocycles. The van der Waals surface area contributed by atoms with Crippen LogP contribution in [-0.4, -0.2) is 13.8 Å². The normalized spacial score (nSPS) is 11.7. The van der Waals surface area contributed by atoms with Gasteiger partial charge in [-0.3, -0.25) is 0 Å². The highest BCUT2D eigenvalue weighted by atomic mass is 32.2. The lowest BCUT2D eigenvalue weighted by Crippen LogP contribution is -2.19. The van der Waals surface area contributed by atoms with Crippen LogP contribution < -0.4 is 0 Å². The number of benzene rings is 1. The molecule has 84 valence electrons. The van der Waals surface area contributed by atoms with E-state index in [1.165, 1.54) is 12.1 Å². The first kappa shape index (κ1) is 12.8. The molecule has 0 aliphatic rings. The van der Waals surface area contributed by atoms with Gasteiger partial charge in [0.25, 0.3) is 0 Å². The van der Waals surface area contributed by atoms with Crippen LogP contribution in [0.2, 0.25) is 25.7 Å². The molecule has 15 heavy (non-hydrogen) atoms. The fourth-order valence-electron chi connectivity index (χ4n) is 1.18. The summed E-state index contributed by atoms with van der Waals surface area (Å²) < 4.78 is 13.2. The van der Waals surface area contributed by atoms with Gasteiger partial charge in [-0.25, -0.2) is 4.39 Å². The number of rotatable bonds is 5. The molecule has 1 rings (SSSR count). The SMILES string of the molecule is C[Si](C)(C)CCSCc1ccccc1F. The van der Waals surface area contributed by atoms with Crippen LogP contribution in [0.15, 0.2) is 24.3 Å². The van der Waals surface area contributed by atoms with E-state index in [0.717, 1.165) is 17.1 Å². The quantitative estimate of drug-likeness (QED) is 0.545. The zero-order chi connectivity index (χ0) is 11.3. The Morgan fingerprint density at radius 3 is 2.47 bits per heavy atom. The molecule has 0 amide bonds. The molecule has 0 N–H and O–H groups in total. The summed E-state index contributed by atoms with van der Waals surface area (Å²) >= 11 is 1.84. The Morgan fingerprint density at radius 2 is 1.87 bits per heavy atom. The lowest BCUT2D eigenvalue weighted by Gasteiger charge is -2.14. The van der Waals surface area contributed by atoms with E-state index in [9.17, 15) is 4.39 Å². The molecule has 0 nitrogen and oxygen atoms in total. The Hall–Kier alpha value is -0.283. The van der Waals surface area contributed by atoms with Crippen LogP contribution in [0.5, 0.6) is 0 Å². The highest BCUT2D eigenvalue weighted by Crippen LogP contribution is 2.19. The van der Waals surface area contributed by atoms with Crippen LogP contribution in [0.3, 0.4) is 0 Å². The lowest BCUT2D eigenvalue weighted by molar-refractivity contribution is 0.617. The van der Waals surface area contributed by atoms with Crippen molar-refractivity contribution in [3.8, 4) is 0 Å². The molecule has 3 heteroatoms. The molecule has 1 aromatic carbocycles. The van der Waals surface area contributed by atoms with Crippen molar-refractivity contribution in [2.45, 2.75) is 31.4 Å². The van der Waals surface area contributed by atoms with Crippen LogP contribution in [-0.2, 0) is 5.75 Å². The minimum atomic E-state index is -0.924. The van der Waals surface area contributed by atoms with Gasteiger partial charge in [-0.05, 0) is 23.4 Å². The van der Waals surface area contributed by atoms with Crippen molar-refractivity contribution in [3.05, 3.63) is 35.6 Å². The second-order valence-electron chi connectivity index (χ2n) is 4.95. The van der Waals surface area contributed by atoms with E-state index in [-0.39, 0.29) is 5.82 Å². The Bertz CT molecular complexity index is 307. The molecule has 0 saturated heterocycles. The van der Waals surface area contributed by atoms with E-state index in [1.807, 2.05) is 23.9 Å². The van der Waals surface area contributed by atoms with Crippen molar-refractivity contribution in [3.63, 3.8) is 0 Å². The summed E-state index contributed by atoms with van der Waals surface area (Å²) in [6.07, 6.45) is 0. The lowest BCUT2D eigenvalue weighted by atomic mass is 10.2. The van der Waals surface area contributed by atoms with Gasteiger partial charge < -0.3 is 0 Å². The Labute approximate surface area is 97.3 Å². The average molecular weight is 242 g/mol. The van der Waals surface area contributed by atoms with Crippen LogP contribution >= 0.6 is 11.8 Å². The maximum absolute atomic E-state index is 13.2. The summed E-state index contributed by atoms with van der Waals surface area (Å²) in [4.78, 5) is 0. The molecule has 0 spiro atoms. The van der Waals surface area contributed by atoms with Crippen LogP contribution in [0, 0.1) is 5.82 Å². The largest absolute Gasteiger partial charge is 0.207 e. The van der Waals surface area contributed by atoms with Crippen LogP contribution in [0.25, 0.3) is 0 Å². The smallest absolute Gasteiger partial charge is 0.127 e. The minimum absolute atomic E-state index is 0.0713. The first-order chi connectivity index (χ1) is 6.99. The molecule has 0 unspecified atom stereocenters. The van der Waals surface area contributed by atoms with Gasteiger partial charge in [0.2, 0.25) is 0 Å². The van der Waals surface area contributed by atoms with E-state index in [0.29, 0.717) is 0 Å². The molecular formula is C12H19FSSi. The van der Waals surface area contributed by atoms with E-state index >= 15 is 0 Å². The Balaban J connectivity index is 2.30. The predicted molar refractivity (Wildman–Crippen MR) is 70.7 cm³/mol. The van der Waals surface area contributed by atoms with Crippen molar-refractivity contribution in [2.75, 3.05) is 5.75 Å². The zero-order valence-electron chi connectivity index (χ0n) is 9.72. The van der Waals surface area contributed by atoms with E-state index < -0.39 is 8.07 Å². The molecule has 0 fully saturated rings. The molecule has 0 radical (unpaired) electrons. The molecule has 0 aromatic heterocycles. The Kier molecular flexibility index (Phi) is 4.86. The van der Waals surface area contributed by atoms with Gasteiger partial charge in [-0.2, -0.15) is 11.8 Å². The van der Waals surface area contributed by atoms with Gasteiger partial charge in [-0.1, -0.05) is 37.8 Å². The molecule has 0 saturated carbocycles. The molecule has 0 atom stereocenters. The fraction of sp³-hybridized carbons (Fsp3) is 0.500. The summed E-state index contributed by atoms with van der Waals surface area (Å²) in [7, 11) is -0.924. The van der Waals surface area contributed by atoms with Crippen LogP contribution in [0.4, 0.5) is 4.39 Å². The van der Waals surface area contributed by atoms with E-state index in [2.05, 4.69) is 19.6 Å². The van der Waals surface area contributed by atoms with Gasteiger partial charge in [0, 0.05) is 13.8 Å². The van der Waals surface area contributed by atoms with Gasteiger partial charge in [0.15, 0.2) is 0 Å². The van der Waals surface area contributed by atoms with Crippen molar-refractivity contribution in [1.82, 2.24) is 0 Å². The topological polar surface area (TPSA) is 0 Å². The molecule has 0 bridgehead atoms. The molecular weight excluding hydrogens is 223 g/mol. The predicted octanol–water partition coefficient (Wildman–Crippen LogP) is 4.40. The second kappa shape index (κ2) is 5.71. The molecule has 0 aliphatic carbocycles. The van der Waals surface area contributed by atoms with Crippen LogP contribution in [0.1, 0.15) is 5.56 Å². The van der Waals surface area contributed by atoms with Crippen molar-refractivity contribution >= 4 is 19.8 Å². The first-order valence-corrected chi connectivity index (χ1v) is 10.2. The number of hydrogen-bond donors (Lipinski definition) is 0. The zero-order valence-corrected chi connectivity index (χ0v) is 11.5. The minimum Gasteiger partial charge on any atom is -0.207 e. The third-order valence-corrected chi connectivity index (χ3v) is 5.33. The third kappa shape index (κ3) is 5.38. The summed E-state index contributed by atoms with van der Waals surface area (Å²) in [6.45, 7) is 7.12.